The van der Waals surface area contributed by atoms with E-state index in [1.807, 2.05) is 84.9 Å². The van der Waals surface area contributed by atoms with Crippen molar-refractivity contribution in [1.29, 1.82) is 0 Å². The summed E-state index contributed by atoms with van der Waals surface area (Å²) in [6.07, 6.45) is 1.69. The molecule has 1 aromatic heterocycles. The molecule has 1 heterocycles. The molecule has 186 valence electrons. The molecule has 0 aliphatic heterocycles. The molecule has 36 heavy (non-hydrogen) atoms. The lowest BCUT2D eigenvalue weighted by Crippen LogP contribution is -2.47. The fourth-order valence-electron chi connectivity index (χ4n) is 4.00. The van der Waals surface area contributed by atoms with E-state index in [9.17, 15) is 5.11 Å². The van der Waals surface area contributed by atoms with E-state index in [0.717, 1.165) is 33.7 Å². The van der Waals surface area contributed by atoms with Crippen LogP contribution < -0.4 is 15.9 Å². The highest BCUT2D eigenvalue weighted by atomic mass is 16.5. The predicted molar refractivity (Wildman–Crippen MR) is 144 cm³/mol. The lowest BCUT2D eigenvalue weighted by Gasteiger charge is -2.27. The molecule has 0 fully saturated rings. The summed E-state index contributed by atoms with van der Waals surface area (Å²) < 4.78 is 5.86. The quantitative estimate of drug-likeness (QED) is 0.263. The number of nitrogens with two attached hydrogens (primary N) is 1. The fourth-order valence-corrected chi connectivity index (χ4v) is 4.00. The maximum Gasteiger partial charge on any atom is 0.119 e. The van der Waals surface area contributed by atoms with Crippen molar-refractivity contribution in [3.63, 3.8) is 0 Å². The van der Waals surface area contributed by atoms with E-state index in [0.29, 0.717) is 26.1 Å². The average molecular weight is 483 g/mol. The Labute approximate surface area is 213 Å². The molecule has 6 heteroatoms. The van der Waals surface area contributed by atoms with E-state index >= 15 is 0 Å². The summed E-state index contributed by atoms with van der Waals surface area (Å²) in [7, 11) is 1.86. The molecule has 2 atom stereocenters. The summed E-state index contributed by atoms with van der Waals surface area (Å²) in [5.41, 5.74) is 14.9. The van der Waals surface area contributed by atoms with Gasteiger partial charge in [0.2, 0.25) is 0 Å². The average Bonchev–Trinajstić information content (AvgIpc) is 2.93. The van der Waals surface area contributed by atoms with Crippen molar-refractivity contribution in [2.45, 2.75) is 31.7 Å². The lowest BCUT2D eigenvalue weighted by atomic mass is 10.0. The minimum Gasteiger partial charge on any atom is -0.489 e. The Balaban J connectivity index is 1.26. The molecule has 3 aromatic carbocycles. The number of nitrogens with zero attached hydrogens (tertiary/aromatic N) is 2. The Hall–Kier alpha value is -3.55. The fraction of sp³-hybridized carbons (Fsp3) is 0.233. The molecule has 0 bridgehead atoms. The van der Waals surface area contributed by atoms with Gasteiger partial charge in [-0.1, -0.05) is 72.8 Å². The Morgan fingerprint density at radius 1 is 0.861 bits per heavy atom. The van der Waals surface area contributed by atoms with Gasteiger partial charge in [-0.15, -0.1) is 0 Å². The molecule has 4 N–H and O–H groups in total. The van der Waals surface area contributed by atoms with Gasteiger partial charge in [-0.2, -0.15) is 0 Å². The largest absolute Gasteiger partial charge is 0.489 e. The Morgan fingerprint density at radius 3 is 2.22 bits per heavy atom. The van der Waals surface area contributed by atoms with Crippen molar-refractivity contribution < 1.29 is 9.84 Å². The second kappa shape index (κ2) is 13.0. The highest BCUT2D eigenvalue weighted by Gasteiger charge is 2.19. The Morgan fingerprint density at radius 2 is 1.56 bits per heavy atom. The standard InChI is InChI=1S/C30H34N4O2/c1-32-34(20-24-10-14-26(15-11-24)29-9-5-6-18-33-29)21-30(35)28(31)19-23-12-16-27(17-13-23)36-22-25-7-3-2-4-8-25/h2-18,28,30,32,35H,19-22,31H2,1H3/t28-,30-/m0/s1. The minimum absolute atomic E-state index is 0.386. The number of rotatable bonds is 12. The number of benzene rings is 3. The number of hydrogen-bond acceptors (Lipinski definition) is 6. The number of hydrogen-bond donors (Lipinski definition) is 3. The summed E-state index contributed by atoms with van der Waals surface area (Å²) >= 11 is 0. The molecule has 0 aliphatic carbocycles. The number of pyridine rings is 1. The zero-order chi connectivity index (χ0) is 25.2. The summed E-state index contributed by atoms with van der Waals surface area (Å²) in [6, 6.07) is 31.8. The first kappa shape index (κ1) is 25.5. The van der Waals surface area contributed by atoms with Gasteiger partial charge in [-0.3, -0.25) is 10.4 Å². The van der Waals surface area contributed by atoms with Gasteiger partial charge in [0.25, 0.3) is 0 Å². The van der Waals surface area contributed by atoms with Crippen molar-refractivity contribution in [2.75, 3.05) is 13.6 Å². The van der Waals surface area contributed by atoms with Gasteiger partial charge in [-0.25, -0.2) is 5.01 Å². The molecule has 4 rings (SSSR count). The van der Waals surface area contributed by atoms with Gasteiger partial charge in [0.15, 0.2) is 0 Å². The molecule has 0 saturated heterocycles. The van der Waals surface area contributed by atoms with Crippen LogP contribution in [-0.4, -0.2) is 40.8 Å². The number of ether oxygens (including phenoxy) is 1. The van der Waals surface area contributed by atoms with Gasteiger partial charge < -0.3 is 15.6 Å². The molecule has 0 saturated carbocycles. The zero-order valence-electron chi connectivity index (χ0n) is 20.6. The van der Waals surface area contributed by atoms with Crippen LogP contribution in [0, 0.1) is 0 Å². The van der Waals surface area contributed by atoms with Crippen LogP contribution in [0.5, 0.6) is 5.75 Å². The zero-order valence-corrected chi connectivity index (χ0v) is 20.6. The third-order valence-electron chi connectivity index (χ3n) is 6.15. The van der Waals surface area contributed by atoms with Crippen LogP contribution in [0.4, 0.5) is 0 Å². The Bertz CT molecular complexity index is 1170. The minimum atomic E-state index is -0.681. The van der Waals surface area contributed by atoms with E-state index < -0.39 is 6.10 Å². The van der Waals surface area contributed by atoms with E-state index in [4.69, 9.17) is 10.5 Å². The summed E-state index contributed by atoms with van der Waals surface area (Å²) in [5, 5.41) is 12.7. The molecular formula is C30H34N4O2. The van der Waals surface area contributed by atoms with Crippen molar-refractivity contribution in [3.8, 4) is 17.0 Å². The first-order chi connectivity index (χ1) is 17.6. The van der Waals surface area contributed by atoms with E-state index in [1.54, 1.807) is 6.20 Å². The predicted octanol–water partition coefficient (Wildman–Crippen LogP) is 4.19. The van der Waals surface area contributed by atoms with Crippen LogP contribution >= 0.6 is 0 Å². The van der Waals surface area contributed by atoms with Gasteiger partial charge >= 0.3 is 0 Å². The normalized spacial score (nSPS) is 12.9. The molecule has 0 unspecified atom stereocenters. The smallest absolute Gasteiger partial charge is 0.119 e. The summed E-state index contributed by atoms with van der Waals surface area (Å²) in [4.78, 5) is 4.40. The van der Waals surface area contributed by atoms with Gasteiger partial charge in [0.1, 0.15) is 12.4 Å². The van der Waals surface area contributed by atoms with Crippen molar-refractivity contribution in [1.82, 2.24) is 15.4 Å². The number of nitrogens with one attached hydrogen (secondary N) is 1. The number of hydrazine groups is 1. The first-order valence-electron chi connectivity index (χ1n) is 12.2. The monoisotopic (exact) mass is 482 g/mol. The van der Waals surface area contributed by atoms with Crippen LogP contribution in [0.3, 0.4) is 0 Å². The van der Waals surface area contributed by atoms with Crippen LogP contribution in [0.15, 0.2) is 103 Å². The Kier molecular flexibility index (Phi) is 9.19. The third kappa shape index (κ3) is 7.47. The molecule has 0 aliphatic rings. The topological polar surface area (TPSA) is 83.6 Å². The molecular weight excluding hydrogens is 448 g/mol. The van der Waals surface area contributed by atoms with Crippen molar-refractivity contribution in [3.05, 3.63) is 120 Å². The highest BCUT2D eigenvalue weighted by molar-refractivity contribution is 5.58. The van der Waals surface area contributed by atoms with Gasteiger partial charge in [-0.05, 0) is 54.4 Å². The molecule has 0 amide bonds. The number of aliphatic hydroxyl groups is 1. The van der Waals surface area contributed by atoms with Gasteiger partial charge in [0.05, 0.1) is 11.8 Å². The van der Waals surface area contributed by atoms with E-state index in [1.165, 1.54) is 0 Å². The van der Waals surface area contributed by atoms with Crippen LogP contribution in [-0.2, 0) is 19.6 Å². The van der Waals surface area contributed by atoms with Crippen LogP contribution in [0.25, 0.3) is 11.3 Å². The molecule has 6 nitrogen and oxygen atoms in total. The molecule has 0 spiro atoms. The van der Waals surface area contributed by atoms with Crippen molar-refractivity contribution in [2.24, 2.45) is 5.73 Å². The second-order valence-corrected chi connectivity index (χ2v) is 8.87. The number of aliphatic hydroxyl groups excluding tert-OH is 1. The first-order valence-corrected chi connectivity index (χ1v) is 12.2. The van der Waals surface area contributed by atoms with Crippen LogP contribution in [0.2, 0.25) is 0 Å². The van der Waals surface area contributed by atoms with E-state index in [-0.39, 0.29) is 6.04 Å². The summed E-state index contributed by atoms with van der Waals surface area (Å²) in [5.74, 6) is 0.812. The SMILES string of the molecule is CNN(Cc1ccc(-c2ccccn2)cc1)C[C@H](O)[C@@H](N)Cc1ccc(OCc2ccccc2)cc1. The summed E-state index contributed by atoms with van der Waals surface area (Å²) in [6.45, 7) is 1.60. The van der Waals surface area contributed by atoms with Crippen LogP contribution in [0.1, 0.15) is 16.7 Å². The van der Waals surface area contributed by atoms with E-state index in [2.05, 4.69) is 34.7 Å². The molecule has 0 radical (unpaired) electrons. The number of aromatic nitrogens is 1. The highest BCUT2D eigenvalue weighted by Crippen LogP contribution is 2.18. The maximum absolute atomic E-state index is 10.8. The second-order valence-electron chi connectivity index (χ2n) is 8.87. The lowest BCUT2D eigenvalue weighted by molar-refractivity contribution is 0.0661. The third-order valence-corrected chi connectivity index (χ3v) is 6.15. The van der Waals surface area contributed by atoms with Gasteiger partial charge in [0, 0.05) is 30.9 Å². The van der Waals surface area contributed by atoms with Crippen molar-refractivity contribution >= 4 is 0 Å². The molecule has 4 aromatic rings. The maximum atomic E-state index is 10.8.